The summed E-state index contributed by atoms with van der Waals surface area (Å²) in [5, 5.41) is 7.64. The molecule has 1 N–H and O–H groups in total. The van der Waals surface area contributed by atoms with Gasteiger partial charge in [0.25, 0.3) is 0 Å². The molecule has 134 valence electrons. The largest absolute Gasteiger partial charge is 0.328 e. The van der Waals surface area contributed by atoms with Gasteiger partial charge in [-0.3, -0.25) is 4.79 Å². The fourth-order valence-corrected chi connectivity index (χ4v) is 4.07. The molecule has 5 rings (SSSR count). The Morgan fingerprint density at radius 2 is 1.78 bits per heavy atom. The van der Waals surface area contributed by atoms with Crippen molar-refractivity contribution in [1.29, 1.82) is 0 Å². The van der Waals surface area contributed by atoms with Crippen molar-refractivity contribution in [3.8, 4) is 0 Å². The first-order valence-electron chi connectivity index (χ1n) is 8.94. The molecule has 0 spiro atoms. The molecule has 2 heterocycles. The number of aromatic nitrogens is 3. The molecule has 3 aromatic rings. The second-order valence-corrected chi connectivity index (χ2v) is 6.94. The van der Waals surface area contributed by atoms with Crippen LogP contribution in [0.25, 0.3) is 0 Å². The molecular formula is C21H17FN4O. The highest BCUT2D eigenvalue weighted by molar-refractivity contribution is 6.00. The third kappa shape index (κ3) is 2.65. The number of carbonyl (C=O) groups excluding carboxylic acids is 1. The molecule has 0 saturated heterocycles. The number of benzene rings is 2. The minimum atomic E-state index is -0.276. The summed E-state index contributed by atoms with van der Waals surface area (Å²) < 4.78 is 15.0. The molecular weight excluding hydrogens is 343 g/mol. The number of hydrogen-bond donors (Lipinski definition) is 1. The Balaban J connectivity index is 1.58. The van der Waals surface area contributed by atoms with Gasteiger partial charge in [0.1, 0.15) is 18.2 Å². The Hall–Kier alpha value is -3.28. The minimum absolute atomic E-state index is 0.0234. The summed E-state index contributed by atoms with van der Waals surface area (Å²) in [4.78, 5) is 17.5. The zero-order valence-electron chi connectivity index (χ0n) is 14.5. The molecule has 27 heavy (non-hydrogen) atoms. The number of allylic oxidation sites excluding steroid dienone is 2. The van der Waals surface area contributed by atoms with Crippen molar-refractivity contribution in [3.63, 3.8) is 0 Å². The van der Waals surface area contributed by atoms with Gasteiger partial charge in [-0.15, -0.1) is 0 Å². The third-order valence-corrected chi connectivity index (χ3v) is 5.32. The number of nitrogens with zero attached hydrogens (tertiary/aromatic N) is 3. The topological polar surface area (TPSA) is 59.8 Å². The standard InChI is InChI=1S/C21H17FN4O/c22-16-8-6-13(7-9-16)15-10-17-19(18(27)11-15)20(14-4-2-1-3-5-14)26-21(25-17)23-12-24-26/h1-9,12,15,20H,10-11H2,(H,23,24,25)/t15-,20+/m0/s1. The molecule has 2 aromatic carbocycles. The summed E-state index contributed by atoms with van der Waals surface area (Å²) in [5.74, 6) is 0.479. The number of halogens is 1. The Morgan fingerprint density at radius 1 is 1.00 bits per heavy atom. The minimum Gasteiger partial charge on any atom is -0.328 e. The summed E-state index contributed by atoms with van der Waals surface area (Å²) >= 11 is 0. The SMILES string of the molecule is O=C1C[C@@H](c2ccc(F)cc2)CC2=C1[C@@H](c1ccccc1)n1ncnc1N2. The Morgan fingerprint density at radius 3 is 2.56 bits per heavy atom. The predicted molar refractivity (Wildman–Crippen MR) is 98.6 cm³/mol. The molecule has 5 nitrogen and oxygen atoms in total. The van der Waals surface area contributed by atoms with Gasteiger partial charge in [0, 0.05) is 17.7 Å². The molecule has 0 amide bonds. The van der Waals surface area contributed by atoms with E-state index in [-0.39, 0.29) is 23.6 Å². The monoisotopic (exact) mass is 360 g/mol. The van der Waals surface area contributed by atoms with E-state index in [4.69, 9.17) is 0 Å². The lowest BCUT2D eigenvalue weighted by atomic mass is 9.78. The summed E-state index contributed by atoms with van der Waals surface area (Å²) in [6.45, 7) is 0. The van der Waals surface area contributed by atoms with E-state index in [9.17, 15) is 9.18 Å². The van der Waals surface area contributed by atoms with E-state index in [1.807, 2.05) is 30.3 Å². The fourth-order valence-electron chi connectivity index (χ4n) is 4.07. The van der Waals surface area contributed by atoms with Crippen molar-refractivity contribution < 1.29 is 9.18 Å². The van der Waals surface area contributed by atoms with Crippen LogP contribution >= 0.6 is 0 Å². The number of ketones is 1. The van der Waals surface area contributed by atoms with E-state index >= 15 is 0 Å². The van der Waals surface area contributed by atoms with Crippen molar-refractivity contribution in [2.75, 3.05) is 5.32 Å². The summed E-state index contributed by atoms with van der Waals surface area (Å²) in [6.07, 6.45) is 2.58. The lowest BCUT2D eigenvalue weighted by Gasteiger charge is -2.35. The number of carbonyl (C=O) groups is 1. The van der Waals surface area contributed by atoms with Crippen LogP contribution in [0.3, 0.4) is 0 Å². The maximum atomic E-state index is 13.3. The van der Waals surface area contributed by atoms with Crippen LogP contribution in [-0.2, 0) is 4.79 Å². The molecule has 1 aliphatic heterocycles. The van der Waals surface area contributed by atoms with Gasteiger partial charge in [-0.2, -0.15) is 10.1 Å². The second kappa shape index (κ2) is 6.16. The average Bonchev–Trinajstić information content (AvgIpc) is 3.15. The number of rotatable bonds is 2. The van der Waals surface area contributed by atoms with Crippen LogP contribution in [0, 0.1) is 5.82 Å². The summed E-state index contributed by atoms with van der Waals surface area (Å²) in [6, 6.07) is 16.0. The number of fused-ring (bicyclic) bond motifs is 1. The van der Waals surface area contributed by atoms with Gasteiger partial charge < -0.3 is 5.32 Å². The van der Waals surface area contributed by atoms with Gasteiger partial charge in [0.05, 0.1) is 0 Å². The number of hydrogen-bond acceptors (Lipinski definition) is 4. The van der Waals surface area contributed by atoms with E-state index in [1.54, 1.807) is 16.8 Å². The first-order chi connectivity index (χ1) is 13.2. The van der Waals surface area contributed by atoms with Gasteiger partial charge >= 0.3 is 0 Å². The molecule has 6 heteroatoms. The zero-order chi connectivity index (χ0) is 18.4. The van der Waals surface area contributed by atoms with Crippen molar-refractivity contribution in [2.45, 2.75) is 24.8 Å². The lowest BCUT2D eigenvalue weighted by Crippen LogP contribution is -2.33. The smallest absolute Gasteiger partial charge is 0.226 e. The van der Waals surface area contributed by atoms with Crippen molar-refractivity contribution in [3.05, 3.63) is 89.1 Å². The van der Waals surface area contributed by atoms with Crippen LogP contribution in [-0.4, -0.2) is 20.5 Å². The van der Waals surface area contributed by atoms with Crippen LogP contribution in [0.1, 0.15) is 35.9 Å². The number of anilines is 1. The van der Waals surface area contributed by atoms with Gasteiger partial charge in [0.15, 0.2) is 5.78 Å². The molecule has 2 atom stereocenters. The van der Waals surface area contributed by atoms with Crippen LogP contribution < -0.4 is 5.32 Å². The van der Waals surface area contributed by atoms with Gasteiger partial charge in [-0.1, -0.05) is 42.5 Å². The quantitative estimate of drug-likeness (QED) is 0.754. The average molecular weight is 360 g/mol. The van der Waals surface area contributed by atoms with E-state index in [2.05, 4.69) is 15.4 Å². The summed E-state index contributed by atoms with van der Waals surface area (Å²) in [7, 11) is 0. The normalized spacial score (nSPS) is 21.4. The first kappa shape index (κ1) is 15.9. The fraction of sp³-hybridized carbons (Fsp3) is 0.190. The second-order valence-electron chi connectivity index (χ2n) is 6.94. The molecule has 1 aromatic heterocycles. The highest BCUT2D eigenvalue weighted by Gasteiger charge is 2.39. The van der Waals surface area contributed by atoms with E-state index < -0.39 is 0 Å². The number of Topliss-reactive ketones (excluding diaryl/α,β-unsaturated/α-hetero) is 1. The third-order valence-electron chi connectivity index (χ3n) is 5.32. The van der Waals surface area contributed by atoms with E-state index in [0.29, 0.717) is 18.8 Å². The molecule has 0 radical (unpaired) electrons. The van der Waals surface area contributed by atoms with Crippen molar-refractivity contribution in [2.24, 2.45) is 0 Å². The Labute approximate surface area is 155 Å². The highest BCUT2D eigenvalue weighted by Crippen LogP contribution is 2.43. The molecule has 0 saturated carbocycles. The zero-order valence-corrected chi connectivity index (χ0v) is 14.5. The molecule has 2 aliphatic rings. The van der Waals surface area contributed by atoms with Crippen LogP contribution in [0.5, 0.6) is 0 Å². The van der Waals surface area contributed by atoms with Crippen molar-refractivity contribution >= 4 is 11.7 Å². The van der Waals surface area contributed by atoms with Crippen LogP contribution in [0.4, 0.5) is 10.3 Å². The first-order valence-corrected chi connectivity index (χ1v) is 8.94. The Kier molecular flexibility index (Phi) is 3.63. The maximum absolute atomic E-state index is 13.3. The molecule has 0 bridgehead atoms. The molecule has 0 fully saturated rings. The maximum Gasteiger partial charge on any atom is 0.226 e. The van der Waals surface area contributed by atoms with Gasteiger partial charge in [-0.05, 0) is 35.6 Å². The highest BCUT2D eigenvalue weighted by atomic mass is 19.1. The van der Waals surface area contributed by atoms with Crippen LogP contribution in [0.15, 0.2) is 72.2 Å². The molecule has 1 aliphatic carbocycles. The van der Waals surface area contributed by atoms with E-state index in [1.165, 1.54) is 18.5 Å². The van der Waals surface area contributed by atoms with Gasteiger partial charge in [-0.25, -0.2) is 9.07 Å². The lowest BCUT2D eigenvalue weighted by molar-refractivity contribution is -0.116. The van der Waals surface area contributed by atoms with E-state index in [0.717, 1.165) is 22.4 Å². The molecule has 0 unspecified atom stereocenters. The van der Waals surface area contributed by atoms with Crippen molar-refractivity contribution in [1.82, 2.24) is 14.8 Å². The number of nitrogens with one attached hydrogen (secondary N) is 1. The Bertz CT molecular complexity index is 1040. The van der Waals surface area contributed by atoms with Crippen LogP contribution in [0.2, 0.25) is 0 Å². The predicted octanol–water partition coefficient (Wildman–Crippen LogP) is 3.83. The summed E-state index contributed by atoms with van der Waals surface area (Å²) in [5.41, 5.74) is 3.61. The van der Waals surface area contributed by atoms with Gasteiger partial charge in [0.2, 0.25) is 5.95 Å².